The van der Waals surface area contributed by atoms with E-state index < -0.39 is 0 Å². The van der Waals surface area contributed by atoms with E-state index in [2.05, 4.69) is 0 Å². The van der Waals surface area contributed by atoms with Crippen LogP contribution >= 0.6 is 11.6 Å². The van der Waals surface area contributed by atoms with Gasteiger partial charge >= 0.3 is 0 Å². The molecule has 0 fully saturated rings. The molecule has 0 spiro atoms. The number of nitrogens with zero attached hydrogens (tertiary/aromatic N) is 1. The lowest BCUT2D eigenvalue weighted by Gasteiger charge is -2.10. The number of nitrogens with two attached hydrogens (primary N) is 2. The second-order valence-electron chi connectivity index (χ2n) is 2.69. The van der Waals surface area contributed by atoms with Crippen LogP contribution in [-0.2, 0) is 0 Å². The Morgan fingerprint density at radius 3 is 2.77 bits per heavy atom. The molecule has 0 aliphatic rings. The normalized spacial score (nSPS) is 12.2. The molecule has 13 heavy (non-hydrogen) atoms. The number of nitriles is 1. The Balaban J connectivity index is 3.12. The van der Waals surface area contributed by atoms with E-state index in [4.69, 9.17) is 28.3 Å². The highest BCUT2D eigenvalue weighted by Crippen LogP contribution is 2.21. The second-order valence-corrected chi connectivity index (χ2v) is 3.10. The summed E-state index contributed by atoms with van der Waals surface area (Å²) < 4.78 is 0. The van der Waals surface area contributed by atoms with E-state index in [-0.39, 0.29) is 6.04 Å². The summed E-state index contributed by atoms with van der Waals surface area (Å²) in [6.07, 6.45) is 0. The van der Waals surface area contributed by atoms with E-state index in [1.54, 1.807) is 18.2 Å². The predicted octanol–water partition coefficient (Wildman–Crippen LogP) is 1.17. The van der Waals surface area contributed by atoms with Crippen LogP contribution in [0.3, 0.4) is 0 Å². The van der Waals surface area contributed by atoms with Crippen molar-refractivity contribution in [1.82, 2.24) is 0 Å². The second kappa shape index (κ2) is 4.24. The topological polar surface area (TPSA) is 75.8 Å². The highest BCUT2D eigenvalue weighted by atomic mass is 35.5. The number of rotatable bonds is 2. The van der Waals surface area contributed by atoms with Crippen LogP contribution < -0.4 is 11.5 Å². The minimum atomic E-state index is -0.305. The van der Waals surface area contributed by atoms with E-state index in [1.807, 2.05) is 6.07 Å². The fourth-order valence-electron chi connectivity index (χ4n) is 1.02. The van der Waals surface area contributed by atoms with Crippen LogP contribution in [0.25, 0.3) is 0 Å². The molecule has 0 aromatic heterocycles. The van der Waals surface area contributed by atoms with Crippen molar-refractivity contribution in [3.05, 3.63) is 34.3 Å². The molecular weight excluding hydrogens is 186 g/mol. The van der Waals surface area contributed by atoms with Crippen LogP contribution in [0.4, 0.5) is 0 Å². The lowest BCUT2D eigenvalue weighted by molar-refractivity contribution is 0.737. The van der Waals surface area contributed by atoms with Gasteiger partial charge in [-0.2, -0.15) is 5.26 Å². The Hall–Kier alpha value is -1.08. The summed E-state index contributed by atoms with van der Waals surface area (Å²) in [5.41, 5.74) is 12.4. The van der Waals surface area contributed by atoms with Crippen molar-refractivity contribution in [2.45, 2.75) is 6.04 Å². The fourth-order valence-corrected chi connectivity index (χ4v) is 1.28. The minimum absolute atomic E-state index is 0.305. The van der Waals surface area contributed by atoms with E-state index in [0.29, 0.717) is 17.1 Å². The van der Waals surface area contributed by atoms with E-state index >= 15 is 0 Å². The van der Waals surface area contributed by atoms with Gasteiger partial charge in [-0.1, -0.05) is 11.6 Å². The minimum Gasteiger partial charge on any atom is -0.329 e. The summed E-state index contributed by atoms with van der Waals surface area (Å²) in [5.74, 6) is 0. The Morgan fingerprint density at radius 2 is 2.23 bits per heavy atom. The molecule has 0 saturated heterocycles. The quantitative estimate of drug-likeness (QED) is 0.744. The standard InChI is InChI=1S/C9H10ClN3/c10-8-2-1-6(4-11)3-7(8)9(13)5-12/h1-3,9H,5,12-13H2. The summed E-state index contributed by atoms with van der Waals surface area (Å²) in [5, 5.41) is 9.19. The third kappa shape index (κ3) is 2.19. The fraction of sp³-hybridized carbons (Fsp3) is 0.222. The maximum absolute atomic E-state index is 8.64. The lowest BCUT2D eigenvalue weighted by atomic mass is 10.1. The van der Waals surface area contributed by atoms with Gasteiger partial charge in [0.2, 0.25) is 0 Å². The molecule has 0 heterocycles. The Labute approximate surface area is 81.9 Å². The SMILES string of the molecule is N#Cc1ccc(Cl)c(C(N)CN)c1. The molecule has 0 radical (unpaired) electrons. The molecular formula is C9H10ClN3. The van der Waals surface area contributed by atoms with Crippen LogP contribution in [0.1, 0.15) is 17.2 Å². The highest BCUT2D eigenvalue weighted by Gasteiger charge is 2.08. The van der Waals surface area contributed by atoms with Gasteiger partial charge in [-0.05, 0) is 23.8 Å². The van der Waals surface area contributed by atoms with Crippen molar-refractivity contribution in [2.24, 2.45) is 11.5 Å². The lowest BCUT2D eigenvalue weighted by Crippen LogP contribution is -2.21. The van der Waals surface area contributed by atoms with Crippen molar-refractivity contribution in [2.75, 3.05) is 6.54 Å². The molecule has 1 rings (SSSR count). The van der Waals surface area contributed by atoms with E-state index in [0.717, 1.165) is 5.56 Å². The molecule has 1 aromatic rings. The zero-order valence-corrected chi connectivity index (χ0v) is 7.75. The molecule has 0 aliphatic heterocycles. The Kier molecular flexibility index (Phi) is 3.26. The first-order valence-corrected chi connectivity index (χ1v) is 4.22. The zero-order chi connectivity index (χ0) is 9.84. The summed E-state index contributed by atoms with van der Waals surface area (Å²) in [6, 6.07) is 6.69. The summed E-state index contributed by atoms with van der Waals surface area (Å²) in [6.45, 7) is 0.314. The average molecular weight is 196 g/mol. The third-order valence-corrected chi connectivity index (χ3v) is 2.12. The van der Waals surface area contributed by atoms with Crippen LogP contribution in [0.15, 0.2) is 18.2 Å². The first-order chi connectivity index (χ1) is 6.19. The van der Waals surface area contributed by atoms with Crippen LogP contribution in [0.5, 0.6) is 0 Å². The van der Waals surface area contributed by atoms with Gasteiger partial charge in [0.15, 0.2) is 0 Å². The predicted molar refractivity (Wildman–Crippen MR) is 52.1 cm³/mol. The van der Waals surface area contributed by atoms with E-state index in [9.17, 15) is 0 Å². The summed E-state index contributed by atoms with van der Waals surface area (Å²) >= 11 is 5.88. The molecule has 4 heteroatoms. The molecule has 1 atom stereocenters. The van der Waals surface area contributed by atoms with Crippen molar-refractivity contribution < 1.29 is 0 Å². The number of hydrogen-bond acceptors (Lipinski definition) is 3. The van der Waals surface area contributed by atoms with Crippen molar-refractivity contribution in [1.29, 1.82) is 5.26 Å². The molecule has 0 saturated carbocycles. The number of benzene rings is 1. The van der Waals surface area contributed by atoms with Crippen LogP contribution in [0.2, 0.25) is 5.02 Å². The number of hydrogen-bond donors (Lipinski definition) is 2. The first-order valence-electron chi connectivity index (χ1n) is 3.84. The van der Waals surface area contributed by atoms with Gasteiger partial charge in [0.25, 0.3) is 0 Å². The van der Waals surface area contributed by atoms with Gasteiger partial charge in [0.05, 0.1) is 11.6 Å². The van der Waals surface area contributed by atoms with Gasteiger partial charge in [0.1, 0.15) is 0 Å². The van der Waals surface area contributed by atoms with Crippen molar-refractivity contribution >= 4 is 11.6 Å². The molecule has 0 bridgehead atoms. The molecule has 4 N–H and O–H groups in total. The van der Waals surface area contributed by atoms with Crippen molar-refractivity contribution in [3.63, 3.8) is 0 Å². The smallest absolute Gasteiger partial charge is 0.0991 e. The highest BCUT2D eigenvalue weighted by molar-refractivity contribution is 6.31. The van der Waals surface area contributed by atoms with Gasteiger partial charge in [-0.3, -0.25) is 0 Å². The molecule has 1 aromatic carbocycles. The Morgan fingerprint density at radius 1 is 1.54 bits per heavy atom. The maximum Gasteiger partial charge on any atom is 0.0991 e. The molecule has 3 nitrogen and oxygen atoms in total. The molecule has 68 valence electrons. The largest absolute Gasteiger partial charge is 0.329 e. The summed E-state index contributed by atoms with van der Waals surface area (Å²) in [4.78, 5) is 0. The number of halogens is 1. The van der Waals surface area contributed by atoms with Gasteiger partial charge in [-0.15, -0.1) is 0 Å². The zero-order valence-electron chi connectivity index (χ0n) is 7.00. The van der Waals surface area contributed by atoms with Gasteiger partial charge < -0.3 is 11.5 Å². The Bertz CT molecular complexity index is 343. The van der Waals surface area contributed by atoms with E-state index in [1.165, 1.54) is 0 Å². The third-order valence-electron chi connectivity index (χ3n) is 1.78. The maximum atomic E-state index is 8.64. The molecule has 0 amide bonds. The monoisotopic (exact) mass is 195 g/mol. The van der Waals surface area contributed by atoms with Gasteiger partial charge in [0, 0.05) is 17.6 Å². The van der Waals surface area contributed by atoms with Crippen molar-refractivity contribution in [3.8, 4) is 6.07 Å². The van der Waals surface area contributed by atoms with Crippen LogP contribution in [-0.4, -0.2) is 6.54 Å². The summed E-state index contributed by atoms with van der Waals surface area (Å²) in [7, 11) is 0. The van der Waals surface area contributed by atoms with Gasteiger partial charge in [-0.25, -0.2) is 0 Å². The average Bonchev–Trinajstić information content (AvgIpc) is 2.17. The van der Waals surface area contributed by atoms with Crippen LogP contribution in [0, 0.1) is 11.3 Å². The molecule has 0 aliphatic carbocycles. The molecule has 1 unspecified atom stereocenters. The first kappa shape index (κ1) is 10.0.